The zero-order valence-electron chi connectivity index (χ0n) is 13.2. The summed E-state index contributed by atoms with van der Waals surface area (Å²) in [5, 5.41) is 0.252. The van der Waals surface area contributed by atoms with Crippen LogP contribution in [0.1, 0.15) is 33.6 Å². The molecule has 0 unspecified atom stereocenters. The summed E-state index contributed by atoms with van der Waals surface area (Å²) in [5.41, 5.74) is -0.478. The van der Waals surface area contributed by atoms with Gasteiger partial charge in [0.05, 0.1) is 6.61 Å². The second kappa shape index (κ2) is 7.13. The quantitative estimate of drug-likeness (QED) is 0.853. The molecule has 1 aliphatic heterocycles. The highest BCUT2D eigenvalue weighted by atomic mass is 35.5. The highest BCUT2D eigenvalue weighted by Crippen LogP contribution is 2.22. The molecule has 1 amide bonds. The van der Waals surface area contributed by atoms with Crippen LogP contribution in [0.25, 0.3) is 0 Å². The van der Waals surface area contributed by atoms with Gasteiger partial charge in [0.25, 0.3) is 5.88 Å². The highest BCUT2D eigenvalue weighted by molar-refractivity contribution is 6.30. The monoisotopic (exact) mass is 327 g/mol. The van der Waals surface area contributed by atoms with Gasteiger partial charge in [-0.2, -0.15) is 0 Å². The maximum atomic E-state index is 12.1. The summed E-state index contributed by atoms with van der Waals surface area (Å²) in [7, 11) is 0. The van der Waals surface area contributed by atoms with Gasteiger partial charge >= 0.3 is 6.09 Å². The normalized spacial score (nSPS) is 18.9. The van der Waals surface area contributed by atoms with Crippen LogP contribution in [0.5, 0.6) is 5.88 Å². The lowest BCUT2D eigenvalue weighted by molar-refractivity contribution is 0.0138. The van der Waals surface area contributed by atoms with Gasteiger partial charge in [-0.1, -0.05) is 11.6 Å². The molecule has 1 aromatic rings. The van der Waals surface area contributed by atoms with Crippen LogP contribution in [0.15, 0.2) is 12.4 Å². The van der Waals surface area contributed by atoms with Crippen molar-refractivity contribution in [2.24, 2.45) is 5.92 Å². The number of carbonyl (C=O) groups is 1. The zero-order chi connectivity index (χ0) is 16.2. The molecule has 7 heteroatoms. The van der Waals surface area contributed by atoms with Crippen LogP contribution in [0.2, 0.25) is 5.15 Å². The van der Waals surface area contributed by atoms with Crippen molar-refractivity contribution in [1.82, 2.24) is 14.9 Å². The van der Waals surface area contributed by atoms with Crippen molar-refractivity contribution in [3.8, 4) is 5.88 Å². The molecule has 1 atom stereocenters. The van der Waals surface area contributed by atoms with Crippen LogP contribution in [-0.4, -0.2) is 46.3 Å². The molecule has 0 aromatic carbocycles. The molecule has 2 rings (SSSR count). The van der Waals surface area contributed by atoms with Crippen molar-refractivity contribution >= 4 is 17.7 Å². The van der Waals surface area contributed by atoms with E-state index in [9.17, 15) is 4.79 Å². The summed E-state index contributed by atoms with van der Waals surface area (Å²) in [4.78, 5) is 21.8. The summed E-state index contributed by atoms with van der Waals surface area (Å²) in [6.07, 6.45) is 4.71. The van der Waals surface area contributed by atoms with Crippen molar-refractivity contribution in [3.05, 3.63) is 17.5 Å². The summed E-state index contributed by atoms with van der Waals surface area (Å²) >= 11 is 5.91. The third-order valence-corrected chi connectivity index (χ3v) is 3.51. The van der Waals surface area contributed by atoms with E-state index < -0.39 is 5.60 Å². The van der Waals surface area contributed by atoms with Crippen LogP contribution < -0.4 is 4.74 Å². The Balaban J connectivity index is 1.86. The third kappa shape index (κ3) is 5.02. The number of carbonyl (C=O) groups excluding carboxylic acids is 1. The second-order valence-electron chi connectivity index (χ2n) is 6.40. The average Bonchev–Trinajstić information content (AvgIpc) is 2.45. The summed E-state index contributed by atoms with van der Waals surface area (Å²) in [5.74, 6) is 0.567. The minimum atomic E-state index is -0.478. The van der Waals surface area contributed by atoms with Crippen LogP contribution in [-0.2, 0) is 4.74 Å². The molecule has 2 heterocycles. The van der Waals surface area contributed by atoms with Crippen molar-refractivity contribution in [3.63, 3.8) is 0 Å². The van der Waals surface area contributed by atoms with E-state index >= 15 is 0 Å². The van der Waals surface area contributed by atoms with Gasteiger partial charge in [-0.05, 0) is 33.6 Å². The number of hydrogen-bond acceptors (Lipinski definition) is 5. The molecule has 0 N–H and O–H groups in total. The van der Waals surface area contributed by atoms with Gasteiger partial charge in [-0.25, -0.2) is 14.8 Å². The Kier molecular flexibility index (Phi) is 5.45. The number of aromatic nitrogens is 2. The van der Waals surface area contributed by atoms with Gasteiger partial charge in [-0.3, -0.25) is 0 Å². The van der Waals surface area contributed by atoms with Gasteiger partial charge in [-0.15, -0.1) is 0 Å². The number of ether oxygens (including phenoxy) is 2. The molecule has 0 bridgehead atoms. The second-order valence-corrected chi connectivity index (χ2v) is 6.76. The number of likely N-dealkylation sites (tertiary alicyclic amines) is 1. The van der Waals surface area contributed by atoms with E-state index in [4.69, 9.17) is 21.1 Å². The molecule has 0 saturated carbocycles. The Hall–Kier alpha value is -1.56. The first-order valence-corrected chi connectivity index (χ1v) is 7.80. The molecule has 122 valence electrons. The number of piperidine rings is 1. The van der Waals surface area contributed by atoms with Crippen molar-refractivity contribution in [2.75, 3.05) is 19.7 Å². The number of amides is 1. The van der Waals surface area contributed by atoms with Gasteiger partial charge in [0.1, 0.15) is 5.60 Å². The fourth-order valence-corrected chi connectivity index (χ4v) is 2.45. The van der Waals surface area contributed by atoms with Gasteiger partial charge in [0.2, 0.25) is 0 Å². The first-order valence-electron chi connectivity index (χ1n) is 7.42. The first kappa shape index (κ1) is 16.8. The minimum absolute atomic E-state index is 0.236. The SMILES string of the molecule is CC(C)(C)OC(=O)N1CCC[C@@H](COc2nccnc2Cl)C1. The van der Waals surface area contributed by atoms with Crippen molar-refractivity contribution in [2.45, 2.75) is 39.2 Å². The Morgan fingerprint density at radius 2 is 2.14 bits per heavy atom. The Morgan fingerprint density at radius 3 is 2.82 bits per heavy atom. The molecule has 1 saturated heterocycles. The fraction of sp³-hybridized carbons (Fsp3) is 0.667. The summed E-state index contributed by atoms with van der Waals surface area (Å²) in [6, 6.07) is 0. The van der Waals surface area contributed by atoms with E-state index in [0.717, 1.165) is 19.4 Å². The summed E-state index contributed by atoms with van der Waals surface area (Å²) < 4.78 is 11.0. The van der Waals surface area contributed by atoms with Gasteiger partial charge < -0.3 is 14.4 Å². The van der Waals surface area contributed by atoms with E-state index in [1.807, 2.05) is 20.8 Å². The molecule has 0 spiro atoms. The number of rotatable bonds is 3. The minimum Gasteiger partial charge on any atom is -0.475 e. The lowest BCUT2D eigenvalue weighted by Gasteiger charge is -2.33. The maximum Gasteiger partial charge on any atom is 0.410 e. The predicted octanol–water partition coefficient (Wildman–Crippen LogP) is 3.16. The first-order chi connectivity index (χ1) is 10.3. The van der Waals surface area contributed by atoms with Crippen LogP contribution in [0.3, 0.4) is 0 Å². The van der Waals surface area contributed by atoms with E-state index in [2.05, 4.69) is 9.97 Å². The third-order valence-electron chi connectivity index (χ3n) is 3.25. The highest BCUT2D eigenvalue weighted by Gasteiger charge is 2.28. The van der Waals surface area contributed by atoms with Gasteiger partial charge in [0, 0.05) is 31.4 Å². The lowest BCUT2D eigenvalue weighted by atomic mass is 9.99. The van der Waals surface area contributed by atoms with Crippen molar-refractivity contribution < 1.29 is 14.3 Å². The standard InChI is InChI=1S/C15H22ClN3O3/c1-15(2,3)22-14(20)19-8-4-5-11(9-19)10-21-13-12(16)17-6-7-18-13/h6-7,11H,4-5,8-10H2,1-3H3/t11-/m1/s1. The van der Waals surface area contributed by atoms with E-state index in [0.29, 0.717) is 19.0 Å². The number of hydrogen-bond donors (Lipinski definition) is 0. The van der Waals surface area contributed by atoms with Crippen molar-refractivity contribution in [1.29, 1.82) is 0 Å². The number of nitrogens with zero attached hydrogens (tertiary/aromatic N) is 3. The van der Waals surface area contributed by atoms with E-state index in [1.165, 1.54) is 12.4 Å². The molecular formula is C15H22ClN3O3. The fourth-order valence-electron chi connectivity index (χ4n) is 2.30. The Labute approximate surface area is 135 Å². The molecule has 1 aliphatic rings. The Morgan fingerprint density at radius 1 is 1.41 bits per heavy atom. The predicted molar refractivity (Wildman–Crippen MR) is 83.1 cm³/mol. The largest absolute Gasteiger partial charge is 0.475 e. The lowest BCUT2D eigenvalue weighted by Crippen LogP contribution is -2.44. The molecule has 1 fully saturated rings. The molecule has 6 nitrogen and oxygen atoms in total. The van der Waals surface area contributed by atoms with E-state index in [1.54, 1.807) is 4.90 Å². The molecule has 1 aromatic heterocycles. The molecule has 0 radical (unpaired) electrons. The van der Waals surface area contributed by atoms with Gasteiger partial charge in [0.15, 0.2) is 5.15 Å². The van der Waals surface area contributed by atoms with Crippen LogP contribution >= 0.6 is 11.6 Å². The molecular weight excluding hydrogens is 306 g/mol. The molecule has 0 aliphatic carbocycles. The number of halogens is 1. The smallest absolute Gasteiger partial charge is 0.410 e. The summed E-state index contributed by atoms with van der Waals surface area (Å²) in [6.45, 7) is 7.39. The van der Waals surface area contributed by atoms with Crippen LogP contribution in [0, 0.1) is 5.92 Å². The average molecular weight is 328 g/mol. The zero-order valence-corrected chi connectivity index (χ0v) is 14.0. The van der Waals surface area contributed by atoms with E-state index in [-0.39, 0.29) is 17.2 Å². The maximum absolute atomic E-state index is 12.1. The topological polar surface area (TPSA) is 64.5 Å². The molecule has 22 heavy (non-hydrogen) atoms. The Bertz CT molecular complexity index is 519. The van der Waals surface area contributed by atoms with Crippen LogP contribution in [0.4, 0.5) is 4.79 Å².